The van der Waals surface area contributed by atoms with Gasteiger partial charge in [0.2, 0.25) is 88.6 Å². The predicted octanol–water partition coefficient (Wildman–Crippen LogP) is -4.87. The summed E-state index contributed by atoms with van der Waals surface area (Å²) in [6.07, 6.45) is -0.361. The fourth-order valence-corrected chi connectivity index (χ4v) is 12.9. The van der Waals surface area contributed by atoms with Crippen LogP contribution < -0.4 is 86.3 Å². The number of aliphatic hydroxyl groups excluding tert-OH is 1. The number of hydrogen-bond donors (Lipinski definition) is 23. The van der Waals surface area contributed by atoms with Crippen LogP contribution in [0.1, 0.15) is 148 Å². The second-order valence-electron chi connectivity index (χ2n) is 29.4. The van der Waals surface area contributed by atoms with Crippen LogP contribution in [0.5, 0.6) is 0 Å². The Labute approximate surface area is 692 Å². The number of fused-ring (bicyclic) bond motifs is 2. The normalized spacial score (nSPS) is 21.1. The van der Waals surface area contributed by atoms with Gasteiger partial charge in [-0.05, 0) is 67.8 Å². The molecule has 4 aromatic rings. The molecule has 0 radical (unpaired) electrons. The molecule has 26 N–H and O–H groups in total. The molecule has 1 saturated heterocycles. The zero-order chi connectivity index (χ0) is 89.7. The molecule has 121 heavy (non-hydrogen) atoms. The number of amides is 15. The van der Waals surface area contributed by atoms with Gasteiger partial charge in [-0.25, -0.2) is 4.79 Å². The second-order valence-corrected chi connectivity index (χ2v) is 29.4. The number of nitrogens with two attached hydrogens (primary N) is 3. The van der Waals surface area contributed by atoms with E-state index in [0.717, 1.165) is 52.4 Å². The number of para-hydroxylation sites is 2. The SMILES string of the molecule is CCC(C)CCCCCCCCC(=O)NC(Cc1c[nH]c2ccccc12)C(=O)NC(CC(N)=O)C(=O)NC(CC(=O)O)C(=O)NC1C(=O)NCC(=O)NC(CCCN)C(=O)NC(CC(=O)O)C(=O)NC(CC(N)=O)C(=O)NC(CC(=O)O)C(=O)NCC(=O)NC(CO)C(=O)NC(C(C)CC(=O)O)C(=O)NC(Cc2c[nH]c3ccccc23)C(=O)OC1C. The van der Waals surface area contributed by atoms with Crippen molar-refractivity contribution < 1.29 is 126 Å². The van der Waals surface area contributed by atoms with E-state index < -0.39 is 268 Å². The van der Waals surface area contributed by atoms with E-state index in [1.807, 2.05) is 21.3 Å². The molecule has 3 heterocycles. The maximum atomic E-state index is 15.1. The van der Waals surface area contributed by atoms with Crippen molar-refractivity contribution in [3.8, 4) is 0 Å². The molecular weight excluding hydrogens is 1590 g/mol. The number of primary amides is 2. The van der Waals surface area contributed by atoms with Gasteiger partial charge in [0.1, 0.15) is 72.6 Å². The van der Waals surface area contributed by atoms with Crippen molar-refractivity contribution in [2.24, 2.45) is 29.0 Å². The fourth-order valence-electron chi connectivity index (χ4n) is 12.9. The van der Waals surface area contributed by atoms with E-state index in [1.54, 1.807) is 54.7 Å². The zero-order valence-electron chi connectivity index (χ0n) is 67.2. The van der Waals surface area contributed by atoms with Gasteiger partial charge < -0.3 is 127 Å². The Morgan fingerprint density at radius 2 is 0.992 bits per heavy atom. The highest BCUT2D eigenvalue weighted by molar-refractivity contribution is 6.03. The summed E-state index contributed by atoms with van der Waals surface area (Å²) >= 11 is 0. The van der Waals surface area contributed by atoms with Crippen molar-refractivity contribution in [2.75, 3.05) is 26.2 Å². The summed E-state index contributed by atoms with van der Waals surface area (Å²) < 4.78 is 5.85. The maximum Gasteiger partial charge on any atom is 0.329 e. The van der Waals surface area contributed by atoms with Gasteiger partial charge in [0.15, 0.2) is 0 Å². The molecule has 0 saturated carbocycles. The largest absolute Gasteiger partial charge is 0.481 e. The average Bonchev–Trinajstić information content (AvgIpc) is 1.64. The Morgan fingerprint density at radius 3 is 1.54 bits per heavy atom. The van der Waals surface area contributed by atoms with Crippen molar-refractivity contribution in [1.82, 2.24) is 79.1 Å². The first-order chi connectivity index (χ1) is 57.3. The zero-order valence-corrected chi connectivity index (χ0v) is 67.2. The molecular formula is C77H108N18O26. The first-order valence-corrected chi connectivity index (χ1v) is 39.2. The Morgan fingerprint density at radius 1 is 0.504 bits per heavy atom. The lowest BCUT2D eigenvalue weighted by atomic mass is 9.96. The van der Waals surface area contributed by atoms with Crippen LogP contribution in [0.15, 0.2) is 60.9 Å². The number of rotatable bonds is 38. The molecule has 0 aliphatic carbocycles. The summed E-state index contributed by atoms with van der Waals surface area (Å²) in [7, 11) is 0. The molecule has 44 nitrogen and oxygen atoms in total. The first kappa shape index (κ1) is 98.4. The Balaban J connectivity index is 1.60. The molecule has 662 valence electrons. The smallest absolute Gasteiger partial charge is 0.329 e. The number of carbonyl (C=O) groups is 20. The standard InChI is InChI=1S/C77H108N18O26/c1-5-38(2)17-10-8-6-7-9-11-23-58(99)86-48(26-41-33-81-45-20-14-12-18-43(41)45)69(112)88-50(29-57(80)98)71(114)92-53(32-64(108)109)73(116)95-66-40(4)121-77(120)54(27-42-34-82-46-21-15-13-19-44(42)46)93-76(119)65(39(3)25-61(102)103)94-74(117)55(37-96)87-60(101)35-83-67(110)51(30-62(104)105)90-70(113)49(28-56(79)97)89-72(115)52(31-63(106)107)91-68(111)47(22-16-24-78)85-59(100)36-84-75(66)118/h12-15,18-21,33-34,38-40,47-55,65-66,81-82,96H,5-11,16-17,22-32,35-37,78H2,1-4H3,(H2,79,97)(H2,80,98)(H,83,110)(H,84,118)(H,85,100)(H,86,99)(H,87,101)(H,88,112)(H,89,115)(H,90,113)(H,91,111)(H,92,114)(H,93,119)(H,94,117)(H,95,116)(H,102,103)(H,104,105)(H,106,107)(H,108,109). The third-order valence-corrected chi connectivity index (χ3v) is 19.6. The van der Waals surface area contributed by atoms with E-state index in [0.29, 0.717) is 46.1 Å². The van der Waals surface area contributed by atoms with E-state index in [4.69, 9.17) is 21.9 Å². The molecule has 14 unspecified atom stereocenters. The topological polar surface area (TPSA) is 718 Å². The van der Waals surface area contributed by atoms with Gasteiger partial charge in [0.25, 0.3) is 0 Å². The van der Waals surface area contributed by atoms with Gasteiger partial charge in [-0.2, -0.15) is 0 Å². The third kappa shape index (κ3) is 33.3. The molecule has 2 aromatic carbocycles. The predicted molar refractivity (Wildman–Crippen MR) is 424 cm³/mol. The minimum atomic E-state index is -2.39. The lowest BCUT2D eigenvalue weighted by molar-refractivity contribution is -0.156. The Kier molecular flexibility index (Phi) is 40.1. The van der Waals surface area contributed by atoms with Gasteiger partial charge in [0.05, 0.1) is 58.2 Å². The summed E-state index contributed by atoms with van der Waals surface area (Å²) in [5.74, 6) is -29.5. The molecule has 2 aromatic heterocycles. The molecule has 1 aliphatic rings. The van der Waals surface area contributed by atoms with Crippen LogP contribution in [0.4, 0.5) is 0 Å². The monoisotopic (exact) mass is 1700 g/mol. The average molecular weight is 1700 g/mol. The number of cyclic esters (lactones) is 1. The highest BCUT2D eigenvalue weighted by atomic mass is 16.5. The van der Waals surface area contributed by atoms with Crippen LogP contribution in [0, 0.1) is 11.8 Å². The number of ether oxygens (including phenoxy) is 1. The number of aromatic nitrogens is 2. The first-order valence-electron chi connectivity index (χ1n) is 39.2. The lowest BCUT2D eigenvalue weighted by Gasteiger charge is -2.30. The quantitative estimate of drug-likeness (QED) is 0.0148. The Hall–Kier alpha value is -13.2. The number of aliphatic hydroxyl groups is 1. The molecule has 0 spiro atoms. The van der Waals surface area contributed by atoms with Crippen molar-refractivity contribution in [3.63, 3.8) is 0 Å². The van der Waals surface area contributed by atoms with E-state index in [9.17, 15) is 117 Å². The van der Waals surface area contributed by atoms with Gasteiger partial charge >= 0.3 is 29.8 Å². The number of esters is 1. The number of aromatic amines is 2. The molecule has 0 bridgehead atoms. The van der Waals surface area contributed by atoms with E-state index in [1.165, 1.54) is 6.20 Å². The molecule has 1 fully saturated rings. The van der Waals surface area contributed by atoms with Gasteiger partial charge in [-0.1, -0.05) is 102 Å². The van der Waals surface area contributed by atoms with Crippen LogP contribution in [0.2, 0.25) is 0 Å². The van der Waals surface area contributed by atoms with Crippen LogP contribution in [-0.2, 0) is 113 Å². The number of carboxylic acids is 4. The summed E-state index contributed by atoms with van der Waals surface area (Å²) in [6.45, 7) is 2.48. The highest BCUT2D eigenvalue weighted by Crippen LogP contribution is 2.23. The summed E-state index contributed by atoms with van der Waals surface area (Å²) in [6, 6.07) is -9.50. The minimum Gasteiger partial charge on any atom is -0.481 e. The number of carbonyl (C=O) groups excluding carboxylic acids is 16. The summed E-state index contributed by atoms with van der Waals surface area (Å²) in [5, 5.41) is 79.8. The summed E-state index contributed by atoms with van der Waals surface area (Å²) in [4.78, 5) is 280. The fraction of sp³-hybridized carbons (Fsp3) is 0.532. The van der Waals surface area contributed by atoms with Crippen LogP contribution in [-0.4, -0.2) is 253 Å². The number of nitrogens with one attached hydrogen (secondary N) is 15. The minimum absolute atomic E-state index is 0.0138. The number of H-pyrrole nitrogens is 2. The second kappa shape index (κ2) is 49.3. The number of aliphatic carboxylic acids is 4. The van der Waals surface area contributed by atoms with Gasteiger partial charge in [-0.3, -0.25) is 91.1 Å². The van der Waals surface area contributed by atoms with Crippen molar-refractivity contribution in [1.29, 1.82) is 0 Å². The van der Waals surface area contributed by atoms with Crippen molar-refractivity contribution >= 4 is 140 Å². The number of hydrogen-bond acceptors (Lipinski definition) is 23. The molecule has 1 aliphatic heterocycles. The number of unbranched alkanes of at least 4 members (excludes halogenated alkanes) is 5. The van der Waals surface area contributed by atoms with Gasteiger partial charge in [-0.15, -0.1) is 0 Å². The van der Waals surface area contributed by atoms with E-state index in [-0.39, 0.29) is 31.4 Å². The molecule has 15 amide bonds. The van der Waals surface area contributed by atoms with E-state index >= 15 is 4.79 Å². The molecule has 44 heteroatoms. The highest BCUT2D eigenvalue weighted by Gasteiger charge is 2.41. The van der Waals surface area contributed by atoms with Gasteiger partial charge in [0, 0.05) is 53.5 Å². The van der Waals surface area contributed by atoms with Crippen molar-refractivity contribution in [2.45, 2.75) is 222 Å². The third-order valence-electron chi connectivity index (χ3n) is 19.6. The number of carboxylic acid groups (broad SMARTS) is 4. The van der Waals surface area contributed by atoms with E-state index in [2.05, 4.69) is 71.7 Å². The van der Waals surface area contributed by atoms with Crippen molar-refractivity contribution in [3.05, 3.63) is 72.1 Å². The molecule has 14 atom stereocenters. The lowest BCUT2D eigenvalue weighted by Crippen LogP contribution is -2.62. The van der Waals surface area contributed by atoms with Crippen LogP contribution in [0.25, 0.3) is 21.8 Å². The van der Waals surface area contributed by atoms with Crippen LogP contribution >= 0.6 is 0 Å². The summed E-state index contributed by atoms with van der Waals surface area (Å²) in [5.41, 5.74) is 18.6. The molecule has 5 rings (SSSR count). The maximum absolute atomic E-state index is 15.1. The number of benzene rings is 2. The Bertz CT molecular complexity index is 4400. The van der Waals surface area contributed by atoms with Crippen LogP contribution in [0.3, 0.4) is 0 Å².